The predicted molar refractivity (Wildman–Crippen MR) is 99.2 cm³/mol. The van der Waals surface area contributed by atoms with E-state index < -0.39 is 36.0 Å². The summed E-state index contributed by atoms with van der Waals surface area (Å²) in [6, 6.07) is 5.63. The number of aromatic nitrogens is 3. The molecular weight excluding hydrogens is 389 g/mol. The summed E-state index contributed by atoms with van der Waals surface area (Å²) in [6.07, 6.45) is -1.88. The monoisotopic (exact) mass is 407 g/mol. The van der Waals surface area contributed by atoms with E-state index in [4.69, 9.17) is 16.3 Å². The average molecular weight is 408 g/mol. The molecule has 3 N–H and O–H groups in total. The van der Waals surface area contributed by atoms with Crippen molar-refractivity contribution < 1.29 is 24.4 Å². The van der Waals surface area contributed by atoms with Crippen LogP contribution in [0.1, 0.15) is 24.4 Å². The van der Waals surface area contributed by atoms with Gasteiger partial charge in [0.2, 0.25) is 0 Å². The fourth-order valence-corrected chi connectivity index (χ4v) is 3.75. The van der Waals surface area contributed by atoms with Crippen molar-refractivity contribution in [2.45, 2.75) is 44.0 Å². The van der Waals surface area contributed by atoms with Gasteiger partial charge in [-0.3, -0.25) is 0 Å². The van der Waals surface area contributed by atoms with Crippen LogP contribution >= 0.6 is 11.6 Å². The van der Waals surface area contributed by atoms with Crippen LogP contribution in [-0.4, -0.2) is 48.2 Å². The molecule has 0 radical (unpaired) electrons. The number of nitrogens with zero attached hydrogens (tertiary/aromatic N) is 3. The highest BCUT2D eigenvalue weighted by Gasteiger charge is 2.52. The van der Waals surface area contributed by atoms with Crippen LogP contribution < -0.4 is 0 Å². The molecule has 0 amide bonds. The van der Waals surface area contributed by atoms with Gasteiger partial charge in [-0.05, 0) is 37.6 Å². The summed E-state index contributed by atoms with van der Waals surface area (Å²) in [5, 5.41) is 32.9. The molecule has 5 atom stereocenters. The molecule has 1 aliphatic heterocycles. The third kappa shape index (κ3) is 2.89. The smallest absolute Gasteiger partial charge is 0.164 e. The third-order valence-electron chi connectivity index (χ3n) is 5.28. The molecule has 0 aliphatic carbocycles. The number of halogens is 2. The maximum atomic E-state index is 13.9. The van der Waals surface area contributed by atoms with Crippen LogP contribution in [-0.2, 0) is 10.3 Å². The van der Waals surface area contributed by atoms with Crippen LogP contribution in [0.4, 0.5) is 4.39 Å². The molecule has 7 nitrogen and oxygen atoms in total. The van der Waals surface area contributed by atoms with E-state index in [1.165, 1.54) is 25.4 Å². The van der Waals surface area contributed by atoms with Crippen molar-refractivity contribution in [3.63, 3.8) is 0 Å². The number of aliphatic hydroxyl groups is 3. The largest absolute Gasteiger partial charge is 0.387 e. The van der Waals surface area contributed by atoms with Gasteiger partial charge in [-0.15, -0.1) is 0 Å². The lowest BCUT2D eigenvalue weighted by Gasteiger charge is -2.32. The van der Waals surface area contributed by atoms with Crippen molar-refractivity contribution in [2.24, 2.45) is 0 Å². The Morgan fingerprint density at radius 1 is 1.21 bits per heavy atom. The van der Waals surface area contributed by atoms with E-state index in [1.54, 1.807) is 16.8 Å². The Kier molecular flexibility index (Phi) is 4.64. The SMILES string of the molecule is Cc1ncnc2c1ccn2[C@@H]1O[C@H]([C@@](C)(O)c2ccc(Cl)c(F)c2)[C@@H](O)[C@H]1O. The quantitative estimate of drug-likeness (QED) is 0.614. The number of benzene rings is 1. The van der Waals surface area contributed by atoms with Crippen molar-refractivity contribution >= 4 is 22.6 Å². The van der Waals surface area contributed by atoms with Crippen molar-refractivity contribution in [1.29, 1.82) is 0 Å². The number of hydrogen-bond acceptors (Lipinski definition) is 6. The topological polar surface area (TPSA) is 101 Å². The van der Waals surface area contributed by atoms with Gasteiger partial charge in [-0.2, -0.15) is 0 Å². The van der Waals surface area contributed by atoms with Gasteiger partial charge in [-0.25, -0.2) is 14.4 Å². The Morgan fingerprint density at radius 2 is 1.96 bits per heavy atom. The summed E-state index contributed by atoms with van der Waals surface area (Å²) in [4.78, 5) is 8.35. The zero-order valence-electron chi connectivity index (χ0n) is 15.1. The van der Waals surface area contributed by atoms with Gasteiger partial charge in [0.1, 0.15) is 41.7 Å². The van der Waals surface area contributed by atoms with Crippen molar-refractivity contribution in [2.75, 3.05) is 0 Å². The minimum atomic E-state index is -1.78. The van der Waals surface area contributed by atoms with Crippen molar-refractivity contribution in [1.82, 2.24) is 14.5 Å². The zero-order chi connectivity index (χ0) is 20.2. The minimum Gasteiger partial charge on any atom is -0.387 e. The molecule has 0 bridgehead atoms. The Balaban J connectivity index is 1.71. The van der Waals surface area contributed by atoms with Gasteiger partial charge in [0.05, 0.1) is 10.7 Å². The highest BCUT2D eigenvalue weighted by atomic mass is 35.5. The van der Waals surface area contributed by atoms with E-state index in [9.17, 15) is 19.7 Å². The molecule has 1 saturated heterocycles. The fraction of sp³-hybridized carbons (Fsp3) is 0.368. The maximum Gasteiger partial charge on any atom is 0.164 e. The number of hydrogen-bond donors (Lipinski definition) is 3. The lowest BCUT2D eigenvalue weighted by Crippen LogP contribution is -2.45. The van der Waals surface area contributed by atoms with E-state index in [2.05, 4.69) is 9.97 Å². The summed E-state index contributed by atoms with van der Waals surface area (Å²) in [7, 11) is 0. The normalized spacial score (nSPS) is 27.2. The second kappa shape index (κ2) is 6.75. The Hall–Kier alpha value is -2.10. The molecule has 1 aliphatic rings. The average Bonchev–Trinajstić information content (AvgIpc) is 3.20. The maximum absolute atomic E-state index is 13.9. The van der Waals surface area contributed by atoms with Crippen LogP contribution in [0.2, 0.25) is 5.02 Å². The van der Waals surface area contributed by atoms with Crippen LogP contribution in [0.5, 0.6) is 0 Å². The van der Waals surface area contributed by atoms with Gasteiger partial charge < -0.3 is 24.6 Å². The first kappa shape index (κ1) is 19.2. The van der Waals surface area contributed by atoms with Gasteiger partial charge in [0.15, 0.2) is 6.23 Å². The molecule has 9 heteroatoms. The van der Waals surface area contributed by atoms with E-state index in [1.807, 2.05) is 6.92 Å². The standard InChI is InChI=1S/C19H19ClFN3O4/c1-9-11-5-6-24(17(11)23-8-22-9)18-15(26)14(25)16(28-18)19(2,27)10-3-4-12(20)13(21)7-10/h3-8,14-16,18,25-27H,1-2H3/t14-,15+,16-,18+,19-/m0/s1. The van der Waals surface area contributed by atoms with Gasteiger partial charge in [0, 0.05) is 11.6 Å². The van der Waals surface area contributed by atoms with Crippen molar-refractivity contribution in [3.05, 3.63) is 58.9 Å². The molecule has 4 rings (SSSR count). The number of fused-ring (bicyclic) bond motifs is 1. The molecule has 1 aromatic carbocycles. The molecule has 0 unspecified atom stereocenters. The molecule has 2 aromatic heterocycles. The lowest BCUT2D eigenvalue weighted by atomic mass is 9.86. The Morgan fingerprint density at radius 3 is 2.68 bits per heavy atom. The van der Waals surface area contributed by atoms with Gasteiger partial charge in [-0.1, -0.05) is 17.7 Å². The Bertz CT molecular complexity index is 1040. The zero-order valence-corrected chi connectivity index (χ0v) is 15.9. The second-order valence-corrected chi connectivity index (χ2v) is 7.53. The van der Waals surface area contributed by atoms with Crippen LogP contribution in [0.15, 0.2) is 36.8 Å². The highest BCUT2D eigenvalue weighted by Crippen LogP contribution is 2.41. The molecule has 3 aromatic rings. The number of rotatable bonds is 3. The van der Waals surface area contributed by atoms with Crippen molar-refractivity contribution in [3.8, 4) is 0 Å². The van der Waals surface area contributed by atoms with Crippen LogP contribution in [0.3, 0.4) is 0 Å². The molecule has 1 fully saturated rings. The van der Waals surface area contributed by atoms with Crippen LogP contribution in [0.25, 0.3) is 11.0 Å². The molecule has 148 valence electrons. The van der Waals surface area contributed by atoms with E-state index in [0.717, 1.165) is 17.1 Å². The molecule has 0 spiro atoms. The summed E-state index contributed by atoms with van der Waals surface area (Å²) in [5.41, 5.74) is -0.325. The highest BCUT2D eigenvalue weighted by molar-refractivity contribution is 6.30. The van der Waals surface area contributed by atoms with Gasteiger partial charge >= 0.3 is 0 Å². The molecule has 3 heterocycles. The summed E-state index contributed by atoms with van der Waals surface area (Å²) < 4.78 is 21.3. The first-order valence-corrected chi connectivity index (χ1v) is 9.07. The van der Waals surface area contributed by atoms with E-state index in [-0.39, 0.29) is 10.6 Å². The Labute approximate surface area is 165 Å². The lowest BCUT2D eigenvalue weighted by molar-refractivity contribution is -0.136. The predicted octanol–water partition coefficient (Wildman–Crippen LogP) is 2.06. The summed E-state index contributed by atoms with van der Waals surface area (Å²) >= 11 is 5.71. The number of aryl methyl sites for hydroxylation is 1. The second-order valence-electron chi connectivity index (χ2n) is 7.12. The number of ether oxygens (including phenoxy) is 1. The third-order valence-corrected chi connectivity index (χ3v) is 5.59. The molecule has 0 saturated carbocycles. The minimum absolute atomic E-state index is 0.0841. The summed E-state index contributed by atoms with van der Waals surface area (Å²) in [5.74, 6) is -0.701. The first-order valence-electron chi connectivity index (χ1n) is 8.69. The summed E-state index contributed by atoms with van der Waals surface area (Å²) in [6.45, 7) is 3.22. The van der Waals surface area contributed by atoms with Gasteiger partial charge in [0.25, 0.3) is 0 Å². The number of aliphatic hydroxyl groups excluding tert-OH is 2. The fourth-order valence-electron chi connectivity index (χ4n) is 3.63. The van der Waals surface area contributed by atoms with Crippen LogP contribution in [0, 0.1) is 12.7 Å². The first-order chi connectivity index (χ1) is 13.2. The molecule has 28 heavy (non-hydrogen) atoms. The molecular formula is C19H19ClFN3O4. The van der Waals surface area contributed by atoms with E-state index in [0.29, 0.717) is 5.65 Å². The van der Waals surface area contributed by atoms with E-state index >= 15 is 0 Å².